The Bertz CT molecular complexity index is 396. The van der Waals surface area contributed by atoms with Crippen LogP contribution in [-0.2, 0) is 9.53 Å². The number of hydrogen-bond donors (Lipinski definition) is 2. The molecule has 3 aliphatic rings. The van der Waals surface area contributed by atoms with Crippen molar-refractivity contribution >= 4 is 5.91 Å². The van der Waals surface area contributed by atoms with Crippen molar-refractivity contribution in [3.8, 4) is 0 Å². The predicted octanol–water partition coefficient (Wildman–Crippen LogP) is 2.62. The van der Waals surface area contributed by atoms with Gasteiger partial charge < -0.3 is 15.4 Å². The number of nitrogens with one attached hydrogen (secondary N) is 2. The zero-order valence-electron chi connectivity index (χ0n) is 14.4. The van der Waals surface area contributed by atoms with Gasteiger partial charge in [0.2, 0.25) is 5.91 Å². The largest absolute Gasteiger partial charge is 0.381 e. The van der Waals surface area contributed by atoms with Gasteiger partial charge in [0.25, 0.3) is 0 Å². The van der Waals surface area contributed by atoms with E-state index in [1.54, 1.807) is 7.11 Å². The first-order valence-corrected chi connectivity index (χ1v) is 9.19. The maximum atomic E-state index is 12.5. The molecular formula is C18H32N2O2. The van der Waals surface area contributed by atoms with Crippen LogP contribution in [0.4, 0.5) is 0 Å². The van der Waals surface area contributed by atoms with Crippen LogP contribution in [0.15, 0.2) is 0 Å². The summed E-state index contributed by atoms with van der Waals surface area (Å²) in [5.74, 6) is 0.840. The van der Waals surface area contributed by atoms with Crippen molar-refractivity contribution in [1.82, 2.24) is 10.6 Å². The van der Waals surface area contributed by atoms with Gasteiger partial charge in [0.1, 0.15) is 0 Å². The average Bonchev–Trinajstić information content (AvgIpc) is 2.83. The Kier molecular flexibility index (Phi) is 4.79. The van der Waals surface area contributed by atoms with Gasteiger partial charge in [-0.3, -0.25) is 4.79 Å². The molecule has 2 heterocycles. The van der Waals surface area contributed by atoms with Gasteiger partial charge in [0, 0.05) is 37.1 Å². The predicted molar refractivity (Wildman–Crippen MR) is 87.6 cm³/mol. The fourth-order valence-electron chi connectivity index (χ4n) is 5.34. The molecule has 4 heteroatoms. The fraction of sp³-hybridized carbons (Fsp3) is 0.944. The highest BCUT2D eigenvalue weighted by Crippen LogP contribution is 2.48. The summed E-state index contributed by atoms with van der Waals surface area (Å²) in [6.45, 7) is 4.44. The lowest BCUT2D eigenvalue weighted by Gasteiger charge is -2.55. The lowest BCUT2D eigenvalue weighted by atomic mass is 9.58. The van der Waals surface area contributed by atoms with Gasteiger partial charge in [0.05, 0.1) is 6.10 Å². The molecular weight excluding hydrogens is 276 g/mol. The van der Waals surface area contributed by atoms with Crippen molar-refractivity contribution < 1.29 is 9.53 Å². The number of hydrogen-bond acceptors (Lipinski definition) is 3. The highest BCUT2D eigenvalue weighted by molar-refractivity contribution is 5.76. The Hall–Kier alpha value is -0.610. The minimum Gasteiger partial charge on any atom is -0.381 e. The zero-order chi connectivity index (χ0) is 15.7. The van der Waals surface area contributed by atoms with Gasteiger partial charge in [0.15, 0.2) is 0 Å². The van der Waals surface area contributed by atoms with E-state index in [4.69, 9.17) is 4.74 Å². The fourth-order valence-corrected chi connectivity index (χ4v) is 5.34. The highest BCUT2D eigenvalue weighted by atomic mass is 16.5. The summed E-state index contributed by atoms with van der Waals surface area (Å²) in [5.41, 5.74) is 0.150. The van der Waals surface area contributed by atoms with Crippen LogP contribution < -0.4 is 10.6 Å². The summed E-state index contributed by atoms with van der Waals surface area (Å²) in [6.07, 6.45) is 9.11. The second-order valence-electron chi connectivity index (χ2n) is 7.70. The third-order valence-corrected chi connectivity index (χ3v) is 6.77. The molecule has 1 saturated carbocycles. The van der Waals surface area contributed by atoms with Gasteiger partial charge >= 0.3 is 0 Å². The number of rotatable bonds is 6. The number of methoxy groups -OCH3 is 1. The molecule has 0 aromatic rings. The summed E-state index contributed by atoms with van der Waals surface area (Å²) < 4.78 is 5.62. The molecule has 2 saturated heterocycles. The molecule has 2 bridgehead atoms. The standard InChI is InChI=1S/C18H32N2O2/c1-4-18(5-2)15(11-16(18)22-3)20-17(21)10-12-8-13-6-7-14(9-12)19-13/h12-16,19H,4-11H2,1-3H3,(H,20,21). The molecule has 0 aromatic carbocycles. The Labute approximate surface area is 134 Å². The molecule has 0 radical (unpaired) electrons. The Balaban J connectivity index is 1.51. The van der Waals surface area contributed by atoms with Gasteiger partial charge in [-0.25, -0.2) is 0 Å². The molecule has 126 valence electrons. The molecule has 4 nitrogen and oxygen atoms in total. The molecule has 22 heavy (non-hydrogen) atoms. The first-order valence-electron chi connectivity index (χ1n) is 9.19. The first kappa shape index (κ1) is 16.3. The van der Waals surface area contributed by atoms with Crippen LogP contribution in [-0.4, -0.2) is 37.2 Å². The van der Waals surface area contributed by atoms with E-state index < -0.39 is 0 Å². The highest BCUT2D eigenvalue weighted by Gasteiger charge is 2.53. The van der Waals surface area contributed by atoms with E-state index in [9.17, 15) is 4.79 Å². The number of piperidine rings is 1. The maximum Gasteiger partial charge on any atom is 0.220 e. The van der Waals surface area contributed by atoms with E-state index in [1.165, 1.54) is 25.7 Å². The third-order valence-electron chi connectivity index (χ3n) is 6.77. The minimum absolute atomic E-state index is 0.150. The molecule has 4 unspecified atom stereocenters. The molecule has 1 amide bonds. The summed E-state index contributed by atoms with van der Waals surface area (Å²) in [7, 11) is 1.80. The van der Waals surface area contributed by atoms with Crippen LogP contribution in [0.5, 0.6) is 0 Å². The maximum absolute atomic E-state index is 12.5. The lowest BCUT2D eigenvalue weighted by molar-refractivity contribution is -0.142. The molecule has 2 N–H and O–H groups in total. The van der Waals surface area contributed by atoms with Crippen LogP contribution in [0, 0.1) is 11.3 Å². The first-order chi connectivity index (χ1) is 10.6. The molecule has 3 rings (SSSR count). The van der Waals surface area contributed by atoms with Crippen molar-refractivity contribution in [2.24, 2.45) is 11.3 Å². The van der Waals surface area contributed by atoms with E-state index in [-0.39, 0.29) is 11.3 Å². The molecule has 4 atom stereocenters. The number of carbonyl (C=O) groups is 1. The van der Waals surface area contributed by atoms with Crippen LogP contribution in [0.25, 0.3) is 0 Å². The van der Waals surface area contributed by atoms with E-state index in [0.29, 0.717) is 36.6 Å². The number of fused-ring (bicyclic) bond motifs is 2. The normalized spacial score (nSPS) is 39.3. The number of ether oxygens (including phenoxy) is 1. The molecule has 1 aliphatic carbocycles. The third kappa shape index (κ3) is 2.80. The van der Waals surface area contributed by atoms with Crippen LogP contribution in [0.2, 0.25) is 0 Å². The quantitative estimate of drug-likeness (QED) is 0.793. The van der Waals surface area contributed by atoms with Crippen molar-refractivity contribution in [1.29, 1.82) is 0 Å². The number of amides is 1. The lowest BCUT2D eigenvalue weighted by Crippen LogP contribution is -2.64. The second-order valence-corrected chi connectivity index (χ2v) is 7.70. The summed E-state index contributed by atoms with van der Waals surface area (Å²) in [4.78, 5) is 12.5. The van der Waals surface area contributed by atoms with Crippen LogP contribution in [0.1, 0.15) is 65.2 Å². The zero-order valence-corrected chi connectivity index (χ0v) is 14.4. The second kappa shape index (κ2) is 6.48. The Morgan fingerprint density at radius 3 is 2.36 bits per heavy atom. The minimum atomic E-state index is 0.150. The molecule has 2 aliphatic heterocycles. The summed E-state index contributed by atoms with van der Waals surface area (Å²) in [6, 6.07) is 1.64. The van der Waals surface area contributed by atoms with Crippen molar-refractivity contribution in [3.05, 3.63) is 0 Å². The molecule has 3 fully saturated rings. The van der Waals surface area contributed by atoms with E-state index >= 15 is 0 Å². The van der Waals surface area contributed by atoms with Crippen LogP contribution >= 0.6 is 0 Å². The summed E-state index contributed by atoms with van der Waals surface area (Å²) in [5, 5.41) is 6.98. The van der Waals surface area contributed by atoms with Crippen molar-refractivity contribution in [2.75, 3.05) is 7.11 Å². The average molecular weight is 308 g/mol. The Morgan fingerprint density at radius 2 is 1.82 bits per heavy atom. The Morgan fingerprint density at radius 1 is 1.18 bits per heavy atom. The SMILES string of the molecule is CCC1(CC)C(NC(=O)CC2CC3CCC(C2)N3)CC1OC. The van der Waals surface area contributed by atoms with Gasteiger partial charge in [-0.2, -0.15) is 0 Å². The van der Waals surface area contributed by atoms with Crippen molar-refractivity contribution in [3.63, 3.8) is 0 Å². The van der Waals surface area contributed by atoms with E-state index in [1.807, 2.05) is 0 Å². The number of carbonyl (C=O) groups excluding carboxylic acids is 1. The van der Waals surface area contributed by atoms with Gasteiger partial charge in [-0.05, 0) is 50.9 Å². The summed E-state index contributed by atoms with van der Waals surface area (Å²) >= 11 is 0. The van der Waals surface area contributed by atoms with E-state index in [2.05, 4.69) is 24.5 Å². The molecule has 0 spiro atoms. The smallest absolute Gasteiger partial charge is 0.220 e. The topological polar surface area (TPSA) is 50.4 Å². The molecule has 0 aromatic heterocycles. The van der Waals surface area contributed by atoms with Gasteiger partial charge in [-0.1, -0.05) is 13.8 Å². The monoisotopic (exact) mass is 308 g/mol. The van der Waals surface area contributed by atoms with Crippen molar-refractivity contribution in [2.45, 2.75) is 89.4 Å². The van der Waals surface area contributed by atoms with Crippen LogP contribution in [0.3, 0.4) is 0 Å². The van der Waals surface area contributed by atoms with E-state index in [0.717, 1.165) is 19.3 Å². The van der Waals surface area contributed by atoms with Gasteiger partial charge in [-0.15, -0.1) is 0 Å².